The Morgan fingerprint density at radius 2 is 2.06 bits per heavy atom. The van der Waals surface area contributed by atoms with Gasteiger partial charge >= 0.3 is 0 Å². The zero-order chi connectivity index (χ0) is 12.8. The second-order valence-corrected chi connectivity index (χ2v) is 5.33. The van der Waals surface area contributed by atoms with Crippen LogP contribution in [0.1, 0.15) is 33.4 Å². The average Bonchev–Trinajstić information content (AvgIpc) is 2.55. The molecule has 92 valence electrons. The summed E-state index contributed by atoms with van der Waals surface area (Å²) in [6.45, 7) is 8.66. The van der Waals surface area contributed by atoms with Gasteiger partial charge in [-0.3, -0.25) is 14.5 Å². The van der Waals surface area contributed by atoms with E-state index in [0.717, 1.165) is 5.69 Å². The lowest BCUT2D eigenvalue weighted by molar-refractivity contribution is 0.546. The molecule has 2 aromatic heterocycles. The maximum atomic E-state index is 11.9. The van der Waals surface area contributed by atoms with Crippen molar-refractivity contribution in [1.82, 2.24) is 19.7 Å². The van der Waals surface area contributed by atoms with Crippen molar-refractivity contribution in [3.8, 4) is 0 Å². The number of nitrogens with one attached hydrogen (secondary N) is 1. The lowest BCUT2D eigenvalue weighted by Gasteiger charge is -2.14. The molecule has 0 aliphatic rings. The monoisotopic (exact) mass is 254 g/mol. The first-order valence-corrected chi connectivity index (χ1v) is 5.89. The molecule has 0 saturated carbocycles. The summed E-state index contributed by atoms with van der Waals surface area (Å²) in [5, 5.41) is 4.56. The van der Waals surface area contributed by atoms with Crippen molar-refractivity contribution in [1.29, 1.82) is 0 Å². The number of hydrogen-bond donors (Lipinski definition) is 1. The molecule has 0 amide bonds. The number of aromatic nitrogens is 4. The molecule has 1 N–H and O–H groups in total. The second kappa shape index (κ2) is 3.84. The van der Waals surface area contributed by atoms with E-state index < -0.39 is 0 Å². The molecule has 0 atom stereocenters. The number of fused-ring (bicyclic) bond motifs is 1. The SMILES string of the molecule is CCn1nc(C(C)(C)C)c2nc(Cl)[nH]c(=O)c21. The molecule has 0 radical (unpaired) electrons. The number of halogens is 1. The first-order valence-electron chi connectivity index (χ1n) is 5.51. The minimum absolute atomic E-state index is 0.101. The van der Waals surface area contributed by atoms with Gasteiger partial charge in [-0.05, 0) is 18.5 Å². The fraction of sp³-hybridized carbons (Fsp3) is 0.545. The quantitative estimate of drug-likeness (QED) is 0.793. The van der Waals surface area contributed by atoms with Gasteiger partial charge in [0.2, 0.25) is 5.28 Å². The average molecular weight is 255 g/mol. The Kier molecular flexibility index (Phi) is 2.73. The summed E-state index contributed by atoms with van der Waals surface area (Å²) in [5.41, 5.74) is 1.45. The number of nitrogens with zero attached hydrogens (tertiary/aromatic N) is 3. The second-order valence-electron chi connectivity index (χ2n) is 4.97. The van der Waals surface area contributed by atoms with Crippen LogP contribution in [0.4, 0.5) is 0 Å². The maximum absolute atomic E-state index is 11.9. The van der Waals surface area contributed by atoms with Gasteiger partial charge in [0.1, 0.15) is 5.52 Å². The molecule has 0 aliphatic carbocycles. The fourth-order valence-corrected chi connectivity index (χ4v) is 1.97. The van der Waals surface area contributed by atoms with Crippen molar-refractivity contribution in [2.75, 3.05) is 0 Å². The first kappa shape index (κ1) is 12.1. The van der Waals surface area contributed by atoms with Crippen molar-refractivity contribution < 1.29 is 0 Å². The fourth-order valence-electron chi connectivity index (χ4n) is 1.80. The number of H-pyrrole nitrogens is 1. The van der Waals surface area contributed by atoms with E-state index in [1.54, 1.807) is 4.68 Å². The van der Waals surface area contributed by atoms with E-state index in [0.29, 0.717) is 17.6 Å². The molecule has 2 aromatic rings. The van der Waals surface area contributed by atoms with Crippen LogP contribution >= 0.6 is 11.6 Å². The summed E-state index contributed by atoms with van der Waals surface area (Å²) in [6.07, 6.45) is 0. The van der Waals surface area contributed by atoms with Crippen molar-refractivity contribution in [2.45, 2.75) is 39.7 Å². The molecule has 2 rings (SSSR count). The smallest absolute Gasteiger partial charge is 0.278 e. The van der Waals surface area contributed by atoms with Crippen LogP contribution in [0, 0.1) is 0 Å². The highest BCUT2D eigenvalue weighted by Crippen LogP contribution is 2.26. The molecule has 17 heavy (non-hydrogen) atoms. The molecule has 0 aliphatic heterocycles. The summed E-state index contributed by atoms with van der Waals surface area (Å²) in [4.78, 5) is 18.6. The minimum Gasteiger partial charge on any atom is -0.295 e. The molecule has 0 saturated heterocycles. The minimum atomic E-state index is -0.246. The molecule has 6 heteroatoms. The molecule has 0 fully saturated rings. The lowest BCUT2D eigenvalue weighted by Crippen LogP contribution is -2.13. The Bertz CT molecular complexity index is 621. The number of aryl methyl sites for hydroxylation is 1. The van der Waals surface area contributed by atoms with Gasteiger partial charge in [0.05, 0.1) is 5.69 Å². The summed E-state index contributed by atoms with van der Waals surface area (Å²) >= 11 is 5.79. The summed E-state index contributed by atoms with van der Waals surface area (Å²) < 4.78 is 1.66. The van der Waals surface area contributed by atoms with Gasteiger partial charge in [-0.1, -0.05) is 20.8 Å². The zero-order valence-corrected chi connectivity index (χ0v) is 11.1. The van der Waals surface area contributed by atoms with E-state index >= 15 is 0 Å². The van der Waals surface area contributed by atoms with Gasteiger partial charge in [0, 0.05) is 12.0 Å². The van der Waals surface area contributed by atoms with E-state index in [-0.39, 0.29) is 16.3 Å². The van der Waals surface area contributed by atoms with Crippen LogP contribution in [-0.2, 0) is 12.0 Å². The summed E-state index contributed by atoms with van der Waals surface area (Å²) in [6, 6.07) is 0. The maximum Gasteiger partial charge on any atom is 0.278 e. The van der Waals surface area contributed by atoms with Crippen molar-refractivity contribution >= 4 is 22.6 Å². The highest BCUT2D eigenvalue weighted by Gasteiger charge is 2.25. The van der Waals surface area contributed by atoms with Crippen LogP contribution in [0.3, 0.4) is 0 Å². The molecule has 0 aromatic carbocycles. The van der Waals surface area contributed by atoms with E-state index in [1.807, 2.05) is 27.7 Å². The van der Waals surface area contributed by atoms with E-state index in [1.165, 1.54) is 0 Å². The highest BCUT2D eigenvalue weighted by molar-refractivity contribution is 6.28. The van der Waals surface area contributed by atoms with E-state index in [9.17, 15) is 4.79 Å². The molecular weight excluding hydrogens is 240 g/mol. The largest absolute Gasteiger partial charge is 0.295 e. The molecule has 5 nitrogen and oxygen atoms in total. The Hall–Kier alpha value is -1.36. The Balaban J connectivity index is 2.93. The van der Waals surface area contributed by atoms with E-state index in [2.05, 4.69) is 15.1 Å². The third-order valence-corrected chi connectivity index (χ3v) is 2.76. The zero-order valence-electron chi connectivity index (χ0n) is 10.3. The lowest BCUT2D eigenvalue weighted by atomic mass is 9.91. The first-order chi connectivity index (χ1) is 7.84. The van der Waals surface area contributed by atoms with Crippen molar-refractivity contribution in [3.05, 3.63) is 21.3 Å². The van der Waals surface area contributed by atoms with Crippen LogP contribution in [0.2, 0.25) is 5.28 Å². The van der Waals surface area contributed by atoms with Gasteiger partial charge in [0.15, 0.2) is 5.52 Å². The van der Waals surface area contributed by atoms with Crippen LogP contribution in [0.15, 0.2) is 4.79 Å². The van der Waals surface area contributed by atoms with Gasteiger partial charge < -0.3 is 0 Å². The van der Waals surface area contributed by atoms with Crippen LogP contribution < -0.4 is 5.56 Å². The van der Waals surface area contributed by atoms with Crippen molar-refractivity contribution in [2.24, 2.45) is 0 Å². The standard InChI is InChI=1S/C11H15ClN4O/c1-5-16-7-6(8(15-16)11(2,3)4)13-10(12)14-9(7)17/h5H2,1-4H3,(H,13,14,17). The number of hydrogen-bond acceptors (Lipinski definition) is 3. The Morgan fingerprint density at radius 3 is 2.59 bits per heavy atom. The molecule has 0 bridgehead atoms. The van der Waals surface area contributed by atoms with E-state index in [4.69, 9.17) is 11.6 Å². The van der Waals surface area contributed by atoms with Crippen LogP contribution in [-0.4, -0.2) is 19.7 Å². The predicted molar refractivity (Wildman–Crippen MR) is 67.5 cm³/mol. The van der Waals surface area contributed by atoms with Crippen LogP contribution in [0.5, 0.6) is 0 Å². The topological polar surface area (TPSA) is 63.6 Å². The number of aromatic amines is 1. The summed E-state index contributed by atoms with van der Waals surface area (Å²) in [7, 11) is 0. The molecule has 2 heterocycles. The molecular formula is C11H15ClN4O. The summed E-state index contributed by atoms with van der Waals surface area (Å²) in [5.74, 6) is 0. The van der Waals surface area contributed by atoms with Crippen LogP contribution in [0.25, 0.3) is 11.0 Å². The third kappa shape index (κ3) is 1.95. The Labute approximate surface area is 104 Å². The van der Waals surface area contributed by atoms with Gasteiger partial charge in [-0.15, -0.1) is 0 Å². The highest BCUT2D eigenvalue weighted by atomic mass is 35.5. The normalized spacial score (nSPS) is 12.3. The molecule has 0 unspecified atom stereocenters. The molecule has 0 spiro atoms. The van der Waals surface area contributed by atoms with Crippen molar-refractivity contribution in [3.63, 3.8) is 0 Å². The third-order valence-electron chi connectivity index (χ3n) is 2.58. The van der Waals surface area contributed by atoms with Gasteiger partial charge in [-0.25, -0.2) is 4.98 Å². The number of rotatable bonds is 1. The predicted octanol–water partition coefficient (Wildman–Crippen LogP) is 2.09. The van der Waals surface area contributed by atoms with Gasteiger partial charge in [-0.2, -0.15) is 5.10 Å². The Morgan fingerprint density at radius 1 is 1.41 bits per heavy atom. The van der Waals surface area contributed by atoms with Gasteiger partial charge in [0.25, 0.3) is 5.56 Å².